The van der Waals surface area contributed by atoms with Crippen LogP contribution in [0.4, 0.5) is 0 Å². The number of amides is 2. The third kappa shape index (κ3) is 4.32. The van der Waals surface area contributed by atoms with E-state index in [1.54, 1.807) is 6.92 Å². The Morgan fingerprint density at radius 2 is 1.94 bits per heavy atom. The van der Waals surface area contributed by atoms with Crippen LogP contribution in [0.3, 0.4) is 0 Å². The first kappa shape index (κ1) is 13.9. The van der Waals surface area contributed by atoms with Gasteiger partial charge in [-0.2, -0.15) is 0 Å². The Morgan fingerprint density at radius 1 is 1.41 bits per heavy atom. The first-order chi connectivity index (χ1) is 7.90. The van der Waals surface area contributed by atoms with Crippen molar-refractivity contribution in [1.82, 2.24) is 10.2 Å². The van der Waals surface area contributed by atoms with Gasteiger partial charge in [0.05, 0.1) is 18.3 Å². The van der Waals surface area contributed by atoms with E-state index in [0.29, 0.717) is 13.1 Å². The van der Waals surface area contributed by atoms with Crippen molar-refractivity contribution in [1.29, 1.82) is 0 Å². The minimum atomic E-state index is -0.674. The van der Waals surface area contributed by atoms with Crippen molar-refractivity contribution in [2.75, 3.05) is 19.6 Å². The Labute approximate surface area is 101 Å². The molecule has 0 spiro atoms. The van der Waals surface area contributed by atoms with Crippen molar-refractivity contribution in [2.24, 2.45) is 0 Å². The standard InChI is InChI=1S/C11H20N2O4/c1-7(14)4-12-10(15)11(16)13-5-8(2)17-9(3)6-13/h7-9,14H,4-6H2,1-3H3,(H,12,15). The second kappa shape index (κ2) is 5.97. The highest BCUT2D eigenvalue weighted by molar-refractivity contribution is 6.35. The first-order valence-electron chi connectivity index (χ1n) is 5.80. The van der Waals surface area contributed by atoms with Crippen LogP contribution in [0.5, 0.6) is 0 Å². The predicted molar refractivity (Wildman–Crippen MR) is 61.3 cm³/mol. The number of carbonyl (C=O) groups is 2. The van der Waals surface area contributed by atoms with Gasteiger partial charge in [-0.1, -0.05) is 0 Å². The average molecular weight is 244 g/mol. The van der Waals surface area contributed by atoms with Crippen molar-refractivity contribution in [3.05, 3.63) is 0 Å². The Kier molecular flexibility index (Phi) is 4.89. The van der Waals surface area contributed by atoms with Gasteiger partial charge in [-0.25, -0.2) is 0 Å². The van der Waals surface area contributed by atoms with Gasteiger partial charge < -0.3 is 20.1 Å². The van der Waals surface area contributed by atoms with Crippen LogP contribution in [0.25, 0.3) is 0 Å². The zero-order chi connectivity index (χ0) is 13.0. The van der Waals surface area contributed by atoms with E-state index in [4.69, 9.17) is 9.84 Å². The molecule has 6 nitrogen and oxygen atoms in total. The molecule has 6 heteroatoms. The zero-order valence-corrected chi connectivity index (χ0v) is 10.5. The summed E-state index contributed by atoms with van der Waals surface area (Å²) in [5.74, 6) is -1.24. The summed E-state index contributed by atoms with van der Waals surface area (Å²) in [5.41, 5.74) is 0. The van der Waals surface area contributed by atoms with Crippen LogP contribution in [0.1, 0.15) is 20.8 Å². The predicted octanol–water partition coefficient (Wildman–Crippen LogP) is -0.881. The number of morpholine rings is 1. The van der Waals surface area contributed by atoms with Crippen molar-refractivity contribution in [2.45, 2.75) is 39.1 Å². The smallest absolute Gasteiger partial charge is 0.312 e. The van der Waals surface area contributed by atoms with Crippen LogP contribution in [0.15, 0.2) is 0 Å². The van der Waals surface area contributed by atoms with E-state index in [2.05, 4.69) is 5.32 Å². The molecule has 1 aliphatic heterocycles. The molecule has 0 aromatic heterocycles. The molecule has 2 N–H and O–H groups in total. The molecule has 98 valence electrons. The zero-order valence-electron chi connectivity index (χ0n) is 10.5. The monoisotopic (exact) mass is 244 g/mol. The van der Waals surface area contributed by atoms with Crippen LogP contribution >= 0.6 is 0 Å². The molecule has 0 aliphatic carbocycles. The van der Waals surface area contributed by atoms with Gasteiger partial charge in [-0.05, 0) is 20.8 Å². The van der Waals surface area contributed by atoms with Gasteiger partial charge in [0, 0.05) is 19.6 Å². The fourth-order valence-corrected chi connectivity index (χ4v) is 1.80. The summed E-state index contributed by atoms with van der Waals surface area (Å²) in [6.07, 6.45) is -0.784. The molecular formula is C11H20N2O4. The molecule has 0 aromatic carbocycles. The van der Waals surface area contributed by atoms with Gasteiger partial charge in [0.2, 0.25) is 0 Å². The highest BCUT2D eigenvalue weighted by Crippen LogP contribution is 2.10. The van der Waals surface area contributed by atoms with Crippen LogP contribution < -0.4 is 5.32 Å². The fraction of sp³-hybridized carbons (Fsp3) is 0.818. The lowest BCUT2D eigenvalue weighted by Crippen LogP contribution is -2.53. The van der Waals surface area contributed by atoms with Gasteiger partial charge in [0.15, 0.2) is 0 Å². The maximum atomic E-state index is 11.8. The minimum absolute atomic E-state index is 0.0627. The molecular weight excluding hydrogens is 224 g/mol. The van der Waals surface area contributed by atoms with E-state index < -0.39 is 17.9 Å². The lowest BCUT2D eigenvalue weighted by molar-refractivity contribution is -0.153. The molecule has 2 amide bonds. The van der Waals surface area contributed by atoms with Crippen LogP contribution in [-0.4, -0.2) is 59.8 Å². The average Bonchev–Trinajstić information content (AvgIpc) is 2.23. The molecule has 0 aromatic rings. The van der Waals surface area contributed by atoms with E-state index in [9.17, 15) is 9.59 Å². The molecule has 3 unspecified atom stereocenters. The molecule has 1 fully saturated rings. The molecule has 1 saturated heterocycles. The second-order valence-electron chi connectivity index (χ2n) is 4.53. The summed E-state index contributed by atoms with van der Waals surface area (Å²) in [5, 5.41) is 11.4. The Balaban J connectivity index is 2.48. The van der Waals surface area contributed by atoms with Crippen molar-refractivity contribution >= 4 is 11.8 Å². The van der Waals surface area contributed by atoms with Gasteiger partial charge in [0.1, 0.15) is 0 Å². The molecule has 0 bridgehead atoms. The molecule has 1 aliphatic rings. The maximum absolute atomic E-state index is 11.8. The fourth-order valence-electron chi connectivity index (χ4n) is 1.80. The summed E-state index contributed by atoms with van der Waals surface area (Å²) in [6, 6.07) is 0. The van der Waals surface area contributed by atoms with Crippen LogP contribution in [-0.2, 0) is 14.3 Å². The van der Waals surface area contributed by atoms with E-state index >= 15 is 0 Å². The topological polar surface area (TPSA) is 78.9 Å². The number of carbonyl (C=O) groups excluding carboxylic acids is 2. The summed E-state index contributed by atoms with van der Waals surface area (Å²) in [6.45, 7) is 6.20. The number of aliphatic hydroxyl groups excluding tert-OH is 1. The normalized spacial score (nSPS) is 26.5. The van der Waals surface area contributed by atoms with Crippen molar-refractivity contribution in [3.63, 3.8) is 0 Å². The third-order valence-corrected chi connectivity index (χ3v) is 2.46. The van der Waals surface area contributed by atoms with E-state index in [1.165, 1.54) is 4.90 Å². The third-order valence-electron chi connectivity index (χ3n) is 2.46. The SMILES string of the molecule is CC(O)CNC(=O)C(=O)N1CC(C)OC(C)C1. The van der Waals surface area contributed by atoms with Gasteiger partial charge in [-0.3, -0.25) is 9.59 Å². The quantitative estimate of drug-likeness (QED) is 0.618. The highest BCUT2D eigenvalue weighted by atomic mass is 16.5. The lowest BCUT2D eigenvalue weighted by atomic mass is 10.2. The summed E-state index contributed by atoms with van der Waals surface area (Å²) in [7, 11) is 0. The number of nitrogens with one attached hydrogen (secondary N) is 1. The molecule has 0 radical (unpaired) electrons. The number of nitrogens with zero attached hydrogens (tertiary/aromatic N) is 1. The lowest BCUT2D eigenvalue weighted by Gasteiger charge is -2.34. The summed E-state index contributed by atoms with van der Waals surface area (Å²) >= 11 is 0. The number of rotatable bonds is 2. The number of aliphatic hydroxyl groups is 1. The van der Waals surface area contributed by atoms with Gasteiger partial charge in [-0.15, -0.1) is 0 Å². The van der Waals surface area contributed by atoms with E-state index in [-0.39, 0.29) is 18.8 Å². The Morgan fingerprint density at radius 3 is 2.41 bits per heavy atom. The van der Waals surface area contributed by atoms with Gasteiger partial charge in [0.25, 0.3) is 0 Å². The molecule has 17 heavy (non-hydrogen) atoms. The minimum Gasteiger partial charge on any atom is -0.392 e. The van der Waals surface area contributed by atoms with E-state index in [0.717, 1.165) is 0 Å². The number of hydrogen-bond donors (Lipinski definition) is 2. The van der Waals surface area contributed by atoms with E-state index in [1.807, 2.05) is 13.8 Å². The Hall–Kier alpha value is -1.14. The largest absolute Gasteiger partial charge is 0.392 e. The summed E-state index contributed by atoms with van der Waals surface area (Å²) < 4.78 is 5.48. The van der Waals surface area contributed by atoms with Crippen molar-refractivity contribution in [3.8, 4) is 0 Å². The molecule has 0 saturated carbocycles. The van der Waals surface area contributed by atoms with Crippen molar-refractivity contribution < 1.29 is 19.4 Å². The molecule has 1 rings (SSSR count). The van der Waals surface area contributed by atoms with Crippen LogP contribution in [0, 0.1) is 0 Å². The molecule has 1 heterocycles. The first-order valence-corrected chi connectivity index (χ1v) is 5.80. The number of hydrogen-bond acceptors (Lipinski definition) is 4. The number of ether oxygens (including phenoxy) is 1. The second-order valence-corrected chi connectivity index (χ2v) is 4.53. The van der Waals surface area contributed by atoms with Crippen LogP contribution in [0.2, 0.25) is 0 Å². The molecule has 3 atom stereocenters. The summed E-state index contributed by atoms with van der Waals surface area (Å²) in [4.78, 5) is 24.8. The van der Waals surface area contributed by atoms with Gasteiger partial charge >= 0.3 is 11.8 Å². The highest BCUT2D eigenvalue weighted by Gasteiger charge is 2.29. The maximum Gasteiger partial charge on any atom is 0.312 e. The Bertz CT molecular complexity index is 283.